The lowest BCUT2D eigenvalue weighted by molar-refractivity contribution is -0.0457. The third-order valence-electron chi connectivity index (χ3n) is 3.80. The predicted octanol–water partition coefficient (Wildman–Crippen LogP) is 4.16. The summed E-state index contributed by atoms with van der Waals surface area (Å²) in [6.07, 6.45) is 3.27. The van der Waals surface area contributed by atoms with E-state index < -0.39 is 5.60 Å². The van der Waals surface area contributed by atoms with Crippen molar-refractivity contribution in [1.29, 1.82) is 0 Å². The highest BCUT2D eigenvalue weighted by atomic mass is 16.6. The lowest BCUT2D eigenvalue weighted by Crippen LogP contribution is -2.52. The summed E-state index contributed by atoms with van der Waals surface area (Å²) < 4.78 is 11.6. The van der Waals surface area contributed by atoms with Crippen molar-refractivity contribution >= 4 is 6.09 Å². The van der Waals surface area contributed by atoms with Crippen LogP contribution in [0.5, 0.6) is 0 Å². The van der Waals surface area contributed by atoms with Crippen LogP contribution in [0.25, 0.3) is 0 Å². The van der Waals surface area contributed by atoms with Gasteiger partial charge in [0.2, 0.25) is 0 Å². The molecule has 0 unspecified atom stereocenters. The monoisotopic (exact) mass is 317 g/mol. The Labute approximate surface area is 139 Å². The molecule has 1 aliphatic rings. The fraction of sp³-hybridized carbons (Fsp3) is 0.526. The molecule has 1 saturated heterocycles. The number of nitrogens with zero attached hydrogens (tertiary/aromatic N) is 1. The molecule has 0 aromatic heterocycles. The number of ether oxygens (including phenoxy) is 2. The first-order valence-corrected chi connectivity index (χ1v) is 8.18. The summed E-state index contributed by atoms with van der Waals surface area (Å²) in [6, 6.07) is 9.91. The van der Waals surface area contributed by atoms with Gasteiger partial charge in [0, 0.05) is 6.54 Å². The first kappa shape index (κ1) is 17.5. The molecule has 23 heavy (non-hydrogen) atoms. The molecule has 0 saturated carbocycles. The maximum atomic E-state index is 12.4. The largest absolute Gasteiger partial charge is 0.444 e. The second-order valence-electron chi connectivity index (χ2n) is 6.88. The molecule has 1 heterocycles. The van der Waals surface area contributed by atoms with Crippen molar-refractivity contribution < 1.29 is 14.3 Å². The van der Waals surface area contributed by atoms with Crippen molar-refractivity contribution in [3.8, 4) is 0 Å². The first-order chi connectivity index (χ1) is 10.9. The van der Waals surface area contributed by atoms with Crippen molar-refractivity contribution in [2.45, 2.75) is 58.0 Å². The van der Waals surface area contributed by atoms with E-state index in [4.69, 9.17) is 9.47 Å². The van der Waals surface area contributed by atoms with Gasteiger partial charge in [-0.2, -0.15) is 0 Å². The molecule has 0 aliphatic carbocycles. The molecule has 1 aromatic rings. The van der Waals surface area contributed by atoms with Gasteiger partial charge in [0.25, 0.3) is 0 Å². The molecule has 1 fully saturated rings. The average Bonchev–Trinajstić information content (AvgIpc) is 2.51. The third kappa shape index (κ3) is 5.10. The highest BCUT2D eigenvalue weighted by Gasteiger charge is 2.35. The van der Waals surface area contributed by atoms with Crippen LogP contribution in [-0.2, 0) is 16.1 Å². The van der Waals surface area contributed by atoms with E-state index in [1.54, 1.807) is 11.0 Å². The molecule has 2 rings (SSSR count). The number of carbonyl (C=O) groups is 1. The quantitative estimate of drug-likeness (QED) is 0.783. The van der Waals surface area contributed by atoms with Crippen molar-refractivity contribution in [3.05, 3.63) is 48.6 Å². The smallest absolute Gasteiger partial charge is 0.410 e. The van der Waals surface area contributed by atoms with Crippen LogP contribution in [0, 0.1) is 0 Å². The Bertz CT molecular complexity index is 521. The van der Waals surface area contributed by atoms with Crippen molar-refractivity contribution in [1.82, 2.24) is 4.90 Å². The highest BCUT2D eigenvalue weighted by molar-refractivity contribution is 5.69. The second kappa shape index (κ2) is 7.64. The molecule has 1 aromatic carbocycles. The van der Waals surface area contributed by atoms with Crippen LogP contribution in [0.1, 0.15) is 39.2 Å². The Kier molecular flexibility index (Phi) is 5.83. The van der Waals surface area contributed by atoms with Gasteiger partial charge in [-0.25, -0.2) is 4.79 Å². The molecule has 0 spiro atoms. The Morgan fingerprint density at radius 1 is 1.35 bits per heavy atom. The van der Waals surface area contributed by atoms with Crippen molar-refractivity contribution in [2.75, 3.05) is 6.54 Å². The van der Waals surface area contributed by atoms with Gasteiger partial charge in [0.05, 0.1) is 18.8 Å². The molecule has 1 aliphatic heterocycles. The topological polar surface area (TPSA) is 38.8 Å². The second-order valence-corrected chi connectivity index (χ2v) is 6.88. The Balaban J connectivity index is 2.00. The number of piperidine rings is 1. The van der Waals surface area contributed by atoms with Crippen LogP contribution in [0.3, 0.4) is 0 Å². The third-order valence-corrected chi connectivity index (χ3v) is 3.80. The predicted molar refractivity (Wildman–Crippen MR) is 91.2 cm³/mol. The number of hydrogen-bond donors (Lipinski definition) is 0. The molecule has 126 valence electrons. The number of likely N-dealkylation sites (tertiary alicyclic amines) is 1. The van der Waals surface area contributed by atoms with Crippen LogP contribution in [0.2, 0.25) is 0 Å². The number of rotatable bonds is 4. The van der Waals surface area contributed by atoms with Gasteiger partial charge in [-0.15, -0.1) is 6.58 Å². The maximum Gasteiger partial charge on any atom is 0.410 e. The van der Waals surface area contributed by atoms with Crippen LogP contribution >= 0.6 is 0 Å². The minimum Gasteiger partial charge on any atom is -0.444 e. The zero-order valence-electron chi connectivity index (χ0n) is 14.3. The van der Waals surface area contributed by atoms with E-state index in [1.165, 1.54) is 0 Å². The highest BCUT2D eigenvalue weighted by Crippen LogP contribution is 2.24. The van der Waals surface area contributed by atoms with Gasteiger partial charge in [-0.1, -0.05) is 36.4 Å². The average molecular weight is 317 g/mol. The fourth-order valence-corrected chi connectivity index (χ4v) is 2.76. The minimum absolute atomic E-state index is 0.0472. The normalized spacial score (nSPS) is 21.8. The molecule has 2 atom stereocenters. The lowest BCUT2D eigenvalue weighted by Gasteiger charge is -2.40. The Morgan fingerprint density at radius 2 is 2.04 bits per heavy atom. The van der Waals surface area contributed by atoms with Crippen molar-refractivity contribution in [3.63, 3.8) is 0 Å². The Hall–Kier alpha value is -1.81. The van der Waals surface area contributed by atoms with E-state index in [0.717, 1.165) is 18.4 Å². The standard InChI is InChI=1S/C19H27NO3/c1-5-16-17(22-14-15-10-7-6-8-11-15)12-9-13-20(16)18(21)23-19(2,3)4/h5-8,10-11,16-17H,1,9,12-14H2,2-4H3/t16-,17+/m0/s1. The summed E-state index contributed by atoms with van der Waals surface area (Å²) in [5.41, 5.74) is 0.630. The van der Waals surface area contributed by atoms with E-state index in [0.29, 0.717) is 13.2 Å². The fourth-order valence-electron chi connectivity index (χ4n) is 2.76. The van der Waals surface area contributed by atoms with Crippen LogP contribution < -0.4 is 0 Å². The van der Waals surface area contributed by atoms with Crippen LogP contribution in [0.15, 0.2) is 43.0 Å². The van der Waals surface area contributed by atoms with Gasteiger partial charge >= 0.3 is 6.09 Å². The minimum atomic E-state index is -0.499. The maximum absolute atomic E-state index is 12.4. The number of hydrogen-bond acceptors (Lipinski definition) is 3. The lowest BCUT2D eigenvalue weighted by atomic mass is 9.99. The van der Waals surface area contributed by atoms with E-state index in [2.05, 4.69) is 6.58 Å². The molecule has 0 radical (unpaired) electrons. The van der Waals surface area contributed by atoms with E-state index in [1.807, 2.05) is 51.1 Å². The zero-order chi connectivity index (χ0) is 16.9. The van der Waals surface area contributed by atoms with E-state index in [9.17, 15) is 4.79 Å². The van der Waals surface area contributed by atoms with Gasteiger partial charge in [0.1, 0.15) is 5.60 Å². The molecule has 1 amide bonds. The number of amides is 1. The van der Waals surface area contributed by atoms with Gasteiger partial charge in [0.15, 0.2) is 0 Å². The van der Waals surface area contributed by atoms with Crippen LogP contribution in [0.4, 0.5) is 4.79 Å². The summed E-state index contributed by atoms with van der Waals surface area (Å²) in [5.74, 6) is 0. The molecule has 4 nitrogen and oxygen atoms in total. The summed E-state index contributed by atoms with van der Waals surface area (Å²) in [7, 11) is 0. The van der Waals surface area contributed by atoms with Crippen LogP contribution in [-0.4, -0.2) is 35.3 Å². The summed E-state index contributed by atoms with van der Waals surface area (Å²) in [5, 5.41) is 0. The number of benzene rings is 1. The molecular weight excluding hydrogens is 290 g/mol. The number of carbonyl (C=O) groups excluding carboxylic acids is 1. The molecule has 0 N–H and O–H groups in total. The first-order valence-electron chi connectivity index (χ1n) is 8.18. The van der Waals surface area contributed by atoms with Gasteiger partial charge < -0.3 is 9.47 Å². The molecule has 4 heteroatoms. The Morgan fingerprint density at radius 3 is 2.65 bits per heavy atom. The SMILES string of the molecule is C=C[C@H]1[C@H](OCc2ccccc2)CCCN1C(=O)OC(C)(C)C. The summed E-state index contributed by atoms with van der Waals surface area (Å²) in [6.45, 7) is 10.7. The van der Waals surface area contributed by atoms with Gasteiger partial charge in [-0.05, 0) is 39.2 Å². The summed E-state index contributed by atoms with van der Waals surface area (Å²) >= 11 is 0. The van der Waals surface area contributed by atoms with Gasteiger partial charge in [-0.3, -0.25) is 4.90 Å². The van der Waals surface area contributed by atoms with E-state index in [-0.39, 0.29) is 18.2 Å². The van der Waals surface area contributed by atoms with E-state index >= 15 is 0 Å². The zero-order valence-corrected chi connectivity index (χ0v) is 14.3. The molecule has 0 bridgehead atoms. The van der Waals surface area contributed by atoms with Crippen molar-refractivity contribution in [2.24, 2.45) is 0 Å². The molecular formula is C19H27NO3. The summed E-state index contributed by atoms with van der Waals surface area (Å²) in [4.78, 5) is 14.1.